The minimum atomic E-state index is -3.52. The van der Waals surface area contributed by atoms with Crippen LogP contribution >= 0.6 is 0 Å². The molecule has 8 heteroatoms. The van der Waals surface area contributed by atoms with Crippen molar-refractivity contribution in [3.05, 3.63) is 29.8 Å². The molecule has 0 N–H and O–H groups in total. The van der Waals surface area contributed by atoms with E-state index in [9.17, 15) is 13.2 Å². The number of hydrogen-bond acceptors (Lipinski definition) is 5. The van der Waals surface area contributed by atoms with E-state index in [1.807, 2.05) is 6.92 Å². The third-order valence-electron chi connectivity index (χ3n) is 4.57. The average molecular weight is 368 g/mol. The summed E-state index contributed by atoms with van der Waals surface area (Å²) < 4.78 is 37.4. The summed E-state index contributed by atoms with van der Waals surface area (Å²) in [4.78, 5) is 13.9. The van der Waals surface area contributed by atoms with Crippen molar-refractivity contribution in [3.63, 3.8) is 0 Å². The average Bonchev–Trinajstić information content (AvgIpc) is 3.14. The molecule has 0 aromatic heterocycles. The summed E-state index contributed by atoms with van der Waals surface area (Å²) in [6, 6.07) is 6.80. The van der Waals surface area contributed by atoms with Gasteiger partial charge in [0.25, 0.3) is 0 Å². The fourth-order valence-electron chi connectivity index (χ4n) is 3.00. The van der Waals surface area contributed by atoms with E-state index in [0.717, 1.165) is 25.0 Å². The Morgan fingerprint density at radius 1 is 1.20 bits per heavy atom. The monoisotopic (exact) mass is 368 g/mol. The highest BCUT2D eigenvalue weighted by Gasteiger charge is 2.31. The quantitative estimate of drug-likeness (QED) is 0.807. The van der Waals surface area contributed by atoms with Gasteiger partial charge in [0.05, 0.1) is 11.0 Å². The maximum Gasteiger partial charge on any atom is 0.409 e. The van der Waals surface area contributed by atoms with Crippen molar-refractivity contribution in [2.24, 2.45) is 0 Å². The maximum absolute atomic E-state index is 12.6. The van der Waals surface area contributed by atoms with Crippen LogP contribution in [0.4, 0.5) is 4.79 Å². The van der Waals surface area contributed by atoms with Crippen LogP contribution < -0.4 is 0 Å². The lowest BCUT2D eigenvalue weighted by molar-refractivity contribution is 0.0264. The van der Waals surface area contributed by atoms with E-state index in [2.05, 4.69) is 0 Å². The number of carbonyl (C=O) groups is 1. The molecule has 1 aromatic rings. The Morgan fingerprint density at radius 2 is 1.88 bits per heavy atom. The van der Waals surface area contributed by atoms with Crippen LogP contribution in [0.25, 0.3) is 0 Å². The molecule has 0 radical (unpaired) electrons. The second-order valence-electron chi connectivity index (χ2n) is 6.42. The fourth-order valence-corrected chi connectivity index (χ4v) is 4.42. The van der Waals surface area contributed by atoms with Gasteiger partial charge in [0, 0.05) is 32.8 Å². The summed E-state index contributed by atoms with van der Waals surface area (Å²) in [5.41, 5.74) is 1.01. The van der Waals surface area contributed by atoms with E-state index >= 15 is 0 Å². The first-order valence-electron chi connectivity index (χ1n) is 8.57. The summed E-state index contributed by atoms with van der Waals surface area (Å²) >= 11 is 0. The topological polar surface area (TPSA) is 76.2 Å². The van der Waals surface area contributed by atoms with E-state index in [4.69, 9.17) is 9.47 Å². The Labute approximate surface area is 148 Å². The normalized spacial score (nSPS) is 22.1. The third-order valence-corrected chi connectivity index (χ3v) is 6.49. The van der Waals surface area contributed by atoms with Crippen molar-refractivity contribution < 1.29 is 22.7 Å². The van der Waals surface area contributed by atoms with Gasteiger partial charge in [-0.05, 0) is 31.9 Å². The number of rotatable bonds is 4. The van der Waals surface area contributed by atoms with E-state index in [1.165, 1.54) is 4.31 Å². The number of piperazine rings is 1. The molecule has 1 aromatic carbocycles. The number of benzene rings is 1. The lowest BCUT2D eigenvalue weighted by Crippen LogP contribution is -2.50. The number of sulfonamides is 1. The van der Waals surface area contributed by atoms with Crippen LogP contribution in [0.5, 0.6) is 0 Å². The van der Waals surface area contributed by atoms with Crippen molar-refractivity contribution in [2.75, 3.05) is 39.4 Å². The zero-order chi connectivity index (χ0) is 17.9. The summed E-state index contributed by atoms with van der Waals surface area (Å²) in [6.45, 7) is 4.09. The minimum Gasteiger partial charge on any atom is -0.447 e. The van der Waals surface area contributed by atoms with Crippen molar-refractivity contribution >= 4 is 16.1 Å². The zero-order valence-electron chi connectivity index (χ0n) is 14.4. The fraction of sp³-hybridized carbons (Fsp3) is 0.588. The van der Waals surface area contributed by atoms with E-state index in [1.54, 1.807) is 29.2 Å². The number of aryl methyl sites for hydroxylation is 1. The number of amides is 1. The SMILES string of the molecule is Cc1ccc(S(=O)(=O)N2CCN(C(=O)OCC3CCCO3)CC2)cc1. The van der Waals surface area contributed by atoms with E-state index < -0.39 is 16.1 Å². The molecule has 0 aliphatic carbocycles. The predicted molar refractivity (Wildman–Crippen MR) is 91.8 cm³/mol. The van der Waals surface area contributed by atoms with Crippen LogP contribution in [0, 0.1) is 6.92 Å². The highest BCUT2D eigenvalue weighted by molar-refractivity contribution is 7.89. The number of hydrogen-bond donors (Lipinski definition) is 0. The molecule has 2 aliphatic heterocycles. The van der Waals surface area contributed by atoms with Crippen LogP contribution in [0.3, 0.4) is 0 Å². The Hall–Kier alpha value is -1.64. The predicted octanol–water partition coefficient (Wildman–Crippen LogP) is 1.62. The molecule has 2 aliphatic rings. The van der Waals surface area contributed by atoms with Crippen molar-refractivity contribution in [3.8, 4) is 0 Å². The summed E-state index contributed by atoms with van der Waals surface area (Å²) in [6.07, 6.45) is 1.50. The molecule has 1 atom stereocenters. The molecule has 2 fully saturated rings. The van der Waals surface area contributed by atoms with Gasteiger partial charge in [-0.2, -0.15) is 4.31 Å². The van der Waals surface area contributed by atoms with Crippen LogP contribution in [0.2, 0.25) is 0 Å². The van der Waals surface area contributed by atoms with Gasteiger partial charge in [0.1, 0.15) is 6.61 Å². The third kappa shape index (κ3) is 4.31. The lowest BCUT2D eigenvalue weighted by atomic mass is 10.2. The molecule has 0 bridgehead atoms. The Balaban J connectivity index is 1.52. The molecular formula is C17H24N2O5S. The van der Waals surface area contributed by atoms with Gasteiger partial charge >= 0.3 is 6.09 Å². The van der Waals surface area contributed by atoms with Crippen molar-refractivity contribution in [1.29, 1.82) is 0 Å². The highest BCUT2D eigenvalue weighted by atomic mass is 32.2. The molecule has 2 heterocycles. The highest BCUT2D eigenvalue weighted by Crippen LogP contribution is 2.19. The molecule has 7 nitrogen and oxygen atoms in total. The van der Waals surface area contributed by atoms with Gasteiger partial charge in [-0.25, -0.2) is 13.2 Å². The standard InChI is InChI=1S/C17H24N2O5S/c1-14-4-6-16(7-5-14)25(21,22)19-10-8-18(9-11-19)17(20)24-13-15-3-2-12-23-15/h4-7,15H,2-3,8-13H2,1H3. The van der Waals surface area contributed by atoms with E-state index in [0.29, 0.717) is 13.1 Å². The van der Waals surface area contributed by atoms with Crippen LogP contribution in [-0.2, 0) is 19.5 Å². The first-order chi connectivity index (χ1) is 12.0. The molecule has 0 saturated carbocycles. The van der Waals surface area contributed by atoms with Crippen LogP contribution in [-0.4, -0.2) is 69.2 Å². The zero-order valence-corrected chi connectivity index (χ0v) is 15.2. The summed E-state index contributed by atoms with van der Waals surface area (Å²) in [5, 5.41) is 0. The molecule has 138 valence electrons. The van der Waals surface area contributed by atoms with Gasteiger partial charge in [-0.3, -0.25) is 0 Å². The Bertz CT molecular complexity index is 690. The van der Waals surface area contributed by atoms with Gasteiger partial charge in [-0.15, -0.1) is 0 Å². The van der Waals surface area contributed by atoms with Gasteiger partial charge in [0.15, 0.2) is 0 Å². The van der Waals surface area contributed by atoms with Crippen LogP contribution in [0.1, 0.15) is 18.4 Å². The van der Waals surface area contributed by atoms with Crippen molar-refractivity contribution in [1.82, 2.24) is 9.21 Å². The maximum atomic E-state index is 12.6. The number of ether oxygens (including phenoxy) is 2. The number of carbonyl (C=O) groups excluding carboxylic acids is 1. The van der Waals surface area contributed by atoms with Crippen molar-refractivity contribution in [2.45, 2.75) is 30.8 Å². The molecule has 3 rings (SSSR count). The first kappa shape index (κ1) is 18.2. The van der Waals surface area contributed by atoms with E-state index in [-0.39, 0.29) is 30.7 Å². The first-order valence-corrected chi connectivity index (χ1v) is 10.0. The largest absolute Gasteiger partial charge is 0.447 e. The van der Waals surface area contributed by atoms with Gasteiger partial charge in [0.2, 0.25) is 10.0 Å². The second-order valence-corrected chi connectivity index (χ2v) is 8.35. The molecule has 25 heavy (non-hydrogen) atoms. The smallest absolute Gasteiger partial charge is 0.409 e. The van der Waals surface area contributed by atoms with Crippen LogP contribution in [0.15, 0.2) is 29.2 Å². The Kier molecular flexibility index (Phi) is 5.61. The molecule has 0 spiro atoms. The molecule has 1 amide bonds. The molecular weight excluding hydrogens is 344 g/mol. The lowest BCUT2D eigenvalue weighted by Gasteiger charge is -2.33. The summed E-state index contributed by atoms with van der Waals surface area (Å²) in [5.74, 6) is 0. The van der Waals surface area contributed by atoms with Gasteiger partial charge in [-0.1, -0.05) is 17.7 Å². The number of nitrogens with zero attached hydrogens (tertiary/aromatic N) is 2. The minimum absolute atomic E-state index is 0.00726. The Morgan fingerprint density at radius 3 is 2.48 bits per heavy atom. The molecule has 2 saturated heterocycles. The summed E-state index contributed by atoms with van der Waals surface area (Å²) in [7, 11) is -3.52. The van der Waals surface area contributed by atoms with Gasteiger partial charge < -0.3 is 14.4 Å². The second kappa shape index (κ2) is 7.72. The molecule has 1 unspecified atom stereocenters.